The van der Waals surface area contributed by atoms with Crippen molar-refractivity contribution in [3.05, 3.63) is 139 Å². The molecule has 1 N–H and O–H groups in total. The molecule has 0 unspecified atom stereocenters. The molecule has 0 atom stereocenters. The molecule has 2 heterocycles. The minimum atomic E-state index is 0. The van der Waals surface area contributed by atoms with Crippen LogP contribution >= 0.6 is 0 Å². The molecule has 5 aromatic carbocycles. The first-order valence-corrected chi connectivity index (χ1v) is 12.9. The fraction of sp³-hybridized carbons (Fsp3) is 0. The van der Waals surface area contributed by atoms with Gasteiger partial charge in [-0.05, 0) is 41.8 Å². The third kappa shape index (κ3) is 4.59. The molecule has 0 aliphatic carbocycles. The van der Waals surface area contributed by atoms with E-state index in [1.165, 1.54) is 0 Å². The molecule has 0 radical (unpaired) electrons. The van der Waals surface area contributed by atoms with E-state index in [2.05, 4.69) is 50.8 Å². The van der Waals surface area contributed by atoms with Crippen LogP contribution in [0.3, 0.4) is 0 Å². The van der Waals surface area contributed by atoms with Crippen LogP contribution in [0.4, 0.5) is 5.82 Å². The van der Waals surface area contributed by atoms with E-state index in [4.69, 9.17) is 11.6 Å². The van der Waals surface area contributed by atoms with Crippen molar-refractivity contribution < 1.29 is 26.2 Å². The molecule has 41 heavy (non-hydrogen) atoms. The number of fused-ring (bicyclic) bond motifs is 2. The number of aromatic nitrogens is 3. The summed E-state index contributed by atoms with van der Waals surface area (Å²) in [4.78, 5) is 13.1. The van der Waals surface area contributed by atoms with Gasteiger partial charge in [-0.25, -0.2) is 4.98 Å². The van der Waals surface area contributed by atoms with Crippen molar-refractivity contribution in [2.45, 2.75) is 0 Å². The molecule has 198 valence electrons. The van der Waals surface area contributed by atoms with Gasteiger partial charge < -0.3 is 9.95 Å². The van der Waals surface area contributed by atoms with E-state index in [9.17, 15) is 5.11 Å². The minimum Gasteiger partial charge on any atom is -0.507 e. The predicted octanol–water partition coefficient (Wildman–Crippen LogP) is 8.63. The average molecular weight is 709 g/mol. The predicted molar refractivity (Wildman–Crippen MR) is 159 cm³/mol. The molecule has 0 bridgehead atoms. The number of benzene rings is 5. The van der Waals surface area contributed by atoms with Crippen molar-refractivity contribution in [2.24, 2.45) is 0 Å². The Morgan fingerprint density at radius 1 is 0.683 bits per heavy atom. The second-order valence-corrected chi connectivity index (χ2v) is 9.43. The molecule has 5 nitrogen and oxygen atoms in total. The largest absolute Gasteiger partial charge is 0.507 e. The van der Waals surface area contributed by atoms with Crippen LogP contribution in [-0.2, 0) is 21.1 Å². The Hall–Kier alpha value is -5.04. The molecule has 6 heteroatoms. The van der Waals surface area contributed by atoms with Crippen LogP contribution in [0.1, 0.15) is 0 Å². The number of nitrogens with zero attached hydrogens (tertiary/aromatic N) is 4. The second kappa shape index (κ2) is 10.8. The summed E-state index contributed by atoms with van der Waals surface area (Å²) in [6.07, 6.45) is 0. The molecule has 0 aliphatic heterocycles. The number of para-hydroxylation sites is 2. The molecule has 0 aliphatic rings. The first-order valence-electron chi connectivity index (χ1n) is 12.9. The third-order valence-corrected chi connectivity index (χ3v) is 7.05. The summed E-state index contributed by atoms with van der Waals surface area (Å²) in [7, 11) is 0. The Morgan fingerprint density at radius 2 is 1.39 bits per heavy atom. The number of imidazole rings is 1. The van der Waals surface area contributed by atoms with Gasteiger partial charge in [0.15, 0.2) is 0 Å². The Balaban J connectivity index is 0.00000302. The first kappa shape index (κ1) is 26.2. The molecule has 0 saturated heterocycles. The number of hydrogen-bond acceptors (Lipinski definition) is 3. The topological polar surface area (TPSA) is 55.3 Å². The van der Waals surface area contributed by atoms with Crippen molar-refractivity contribution in [1.82, 2.24) is 14.5 Å². The summed E-state index contributed by atoms with van der Waals surface area (Å²) in [5, 5.41) is 13.1. The van der Waals surface area contributed by atoms with Crippen molar-refractivity contribution in [2.75, 3.05) is 0 Å². The van der Waals surface area contributed by atoms with E-state index >= 15 is 0 Å². The average Bonchev–Trinajstić information content (AvgIpc) is 3.40. The first-order chi connectivity index (χ1) is 19.7. The smallest absolute Gasteiger partial charge is 0.262 e. The Kier molecular flexibility index (Phi) is 6.93. The van der Waals surface area contributed by atoms with Crippen molar-refractivity contribution in [3.8, 4) is 45.2 Å². The number of hydrogen-bond donors (Lipinski definition) is 1. The monoisotopic (exact) mass is 708 g/mol. The summed E-state index contributed by atoms with van der Waals surface area (Å²) >= 11 is 0. The Bertz CT molecular complexity index is 2100. The van der Waals surface area contributed by atoms with Gasteiger partial charge in [0.25, 0.3) is 5.82 Å². The van der Waals surface area contributed by atoms with Gasteiger partial charge >= 0.3 is 0 Å². The van der Waals surface area contributed by atoms with Gasteiger partial charge in [0.2, 0.25) is 0 Å². The summed E-state index contributed by atoms with van der Waals surface area (Å²) in [5.74, 6) is 1.17. The van der Waals surface area contributed by atoms with E-state index in [-0.39, 0.29) is 26.8 Å². The number of phenolic OH excluding ortho intramolecular Hbond substituents is 1. The van der Waals surface area contributed by atoms with Crippen molar-refractivity contribution in [1.29, 1.82) is 0 Å². The Morgan fingerprint density at radius 3 is 2.27 bits per heavy atom. The van der Waals surface area contributed by atoms with E-state index in [0.717, 1.165) is 44.2 Å². The summed E-state index contributed by atoms with van der Waals surface area (Å²) in [6.45, 7) is 7.32. The second-order valence-electron chi connectivity index (χ2n) is 9.43. The molecule has 7 rings (SSSR count). The van der Waals surface area contributed by atoms with Gasteiger partial charge in [-0.2, -0.15) is 4.98 Å². The quantitative estimate of drug-likeness (QED) is 0.187. The fourth-order valence-corrected chi connectivity index (χ4v) is 5.22. The minimum absolute atomic E-state index is 0. The molecule has 2 aromatic heterocycles. The molecule has 0 spiro atoms. The van der Waals surface area contributed by atoms with Crippen LogP contribution in [0.5, 0.6) is 5.75 Å². The maximum absolute atomic E-state index is 10.9. The molecular formula is C35H21N4OPt-. The normalized spacial score (nSPS) is 10.8. The van der Waals surface area contributed by atoms with E-state index in [1.54, 1.807) is 12.1 Å². The van der Waals surface area contributed by atoms with E-state index < -0.39 is 0 Å². The number of pyridine rings is 1. The molecule has 0 fully saturated rings. The maximum atomic E-state index is 10.9. The van der Waals surface area contributed by atoms with Gasteiger partial charge in [0.1, 0.15) is 11.6 Å². The number of phenols is 1. The molecule has 0 saturated carbocycles. The van der Waals surface area contributed by atoms with Gasteiger partial charge in [0, 0.05) is 26.5 Å². The van der Waals surface area contributed by atoms with E-state index in [1.807, 2.05) is 78.9 Å². The molecular weight excluding hydrogens is 687 g/mol. The SMILES string of the molecule is [C-]#[N+]c1cccc(-c2[c-]c(-c3cccc4c3nc(-c3ccccc3O)n4-c3cccc4ccccc34)ccc2)n1.[Pt]. The van der Waals surface area contributed by atoms with Gasteiger partial charge in [-0.15, -0.1) is 29.8 Å². The van der Waals surface area contributed by atoms with Crippen LogP contribution in [0, 0.1) is 12.6 Å². The number of rotatable bonds is 4. The van der Waals surface area contributed by atoms with Crippen LogP contribution in [-0.4, -0.2) is 19.6 Å². The fourth-order valence-electron chi connectivity index (χ4n) is 5.22. The summed E-state index contributed by atoms with van der Waals surface area (Å²) in [5.41, 5.74) is 6.61. The Labute approximate surface area is 251 Å². The summed E-state index contributed by atoms with van der Waals surface area (Å²) < 4.78 is 2.13. The van der Waals surface area contributed by atoms with Crippen LogP contribution in [0.2, 0.25) is 0 Å². The molecule has 7 aromatic rings. The van der Waals surface area contributed by atoms with Gasteiger partial charge in [-0.1, -0.05) is 84.4 Å². The zero-order valence-electron chi connectivity index (χ0n) is 21.6. The van der Waals surface area contributed by atoms with Crippen LogP contribution in [0.25, 0.3) is 66.1 Å². The van der Waals surface area contributed by atoms with Gasteiger partial charge in [0.05, 0.1) is 28.0 Å². The van der Waals surface area contributed by atoms with Gasteiger partial charge in [-0.3, -0.25) is 4.57 Å². The van der Waals surface area contributed by atoms with Crippen LogP contribution < -0.4 is 0 Å². The van der Waals surface area contributed by atoms with Crippen LogP contribution in [0.15, 0.2) is 121 Å². The van der Waals surface area contributed by atoms with Crippen molar-refractivity contribution >= 4 is 27.6 Å². The zero-order valence-corrected chi connectivity index (χ0v) is 23.9. The van der Waals surface area contributed by atoms with Crippen molar-refractivity contribution in [3.63, 3.8) is 0 Å². The third-order valence-electron chi connectivity index (χ3n) is 7.05. The maximum Gasteiger partial charge on any atom is 0.262 e. The number of aromatic hydroxyl groups is 1. The molecule has 0 amide bonds. The zero-order chi connectivity index (χ0) is 27.1. The standard InChI is InChI=1S/C35H21N4O.Pt/c1-36-33-21-9-17-29(37-33)25-13-6-12-24(22-25)27-16-8-19-31-34(27)38-35(28-15-4-5-20-32(28)40)39(31)30-18-7-11-23-10-2-3-14-26(23)30;/h2-21,40H;/q-1;. The summed E-state index contributed by atoms with van der Waals surface area (Å²) in [6, 6.07) is 42.8. The van der Waals surface area contributed by atoms with E-state index in [0.29, 0.717) is 22.9 Å².